The highest BCUT2D eigenvalue weighted by molar-refractivity contribution is 7.99. The molecule has 0 radical (unpaired) electrons. The van der Waals surface area contributed by atoms with Gasteiger partial charge in [0.1, 0.15) is 5.75 Å². The monoisotopic (exact) mass is 455 g/mol. The van der Waals surface area contributed by atoms with Gasteiger partial charge in [0.05, 0.1) is 18.5 Å². The maximum absolute atomic E-state index is 12.8. The molecule has 4 aromatic rings. The number of aromatic nitrogens is 1. The van der Waals surface area contributed by atoms with Crippen LogP contribution in [-0.4, -0.2) is 23.9 Å². The van der Waals surface area contributed by atoms with E-state index in [9.17, 15) is 9.59 Å². The maximum atomic E-state index is 12.8. The molecule has 33 heavy (non-hydrogen) atoms. The van der Waals surface area contributed by atoms with Crippen LogP contribution in [0.1, 0.15) is 20.7 Å². The molecular formula is C26H21N3O3S. The van der Waals surface area contributed by atoms with Crippen molar-refractivity contribution in [3.8, 4) is 5.75 Å². The number of anilines is 2. The molecule has 6 nitrogen and oxygen atoms in total. The van der Waals surface area contributed by atoms with Gasteiger partial charge >= 0.3 is 0 Å². The van der Waals surface area contributed by atoms with Gasteiger partial charge in [-0.2, -0.15) is 0 Å². The Morgan fingerprint density at radius 1 is 0.697 bits per heavy atom. The first-order valence-corrected chi connectivity index (χ1v) is 11.0. The molecule has 0 unspecified atom stereocenters. The Morgan fingerprint density at radius 2 is 1.18 bits per heavy atom. The van der Waals surface area contributed by atoms with Crippen molar-refractivity contribution in [2.24, 2.45) is 0 Å². The van der Waals surface area contributed by atoms with Crippen molar-refractivity contribution < 1.29 is 14.3 Å². The Hall–Kier alpha value is -4.10. The van der Waals surface area contributed by atoms with Crippen molar-refractivity contribution in [3.05, 3.63) is 108 Å². The van der Waals surface area contributed by atoms with E-state index in [-0.39, 0.29) is 11.8 Å². The molecule has 3 aromatic carbocycles. The van der Waals surface area contributed by atoms with Gasteiger partial charge in [0.25, 0.3) is 11.8 Å². The Labute approximate surface area is 196 Å². The molecule has 2 amide bonds. The van der Waals surface area contributed by atoms with Gasteiger partial charge in [0.2, 0.25) is 0 Å². The van der Waals surface area contributed by atoms with E-state index in [2.05, 4.69) is 15.6 Å². The fraction of sp³-hybridized carbons (Fsp3) is 0.0385. The third kappa shape index (κ3) is 5.78. The van der Waals surface area contributed by atoms with E-state index in [1.807, 2.05) is 24.3 Å². The summed E-state index contributed by atoms with van der Waals surface area (Å²) in [6, 6.07) is 25.1. The minimum absolute atomic E-state index is 0.262. The smallest absolute Gasteiger partial charge is 0.255 e. The zero-order chi connectivity index (χ0) is 23.0. The third-order valence-corrected chi connectivity index (χ3v) is 5.79. The Bertz CT molecular complexity index is 1240. The molecule has 0 bridgehead atoms. The van der Waals surface area contributed by atoms with Crippen LogP contribution in [0.3, 0.4) is 0 Å². The van der Waals surface area contributed by atoms with Crippen molar-refractivity contribution in [1.29, 1.82) is 0 Å². The number of nitrogens with zero attached hydrogens (tertiary/aromatic N) is 1. The summed E-state index contributed by atoms with van der Waals surface area (Å²) in [5.74, 6) is 0.128. The summed E-state index contributed by atoms with van der Waals surface area (Å²) in [5.41, 5.74) is 2.03. The first-order chi connectivity index (χ1) is 16.1. The molecule has 1 heterocycles. The summed E-state index contributed by atoms with van der Waals surface area (Å²) < 4.78 is 5.13. The number of pyridine rings is 1. The van der Waals surface area contributed by atoms with Crippen molar-refractivity contribution in [2.45, 2.75) is 9.79 Å². The van der Waals surface area contributed by atoms with E-state index in [0.717, 1.165) is 9.79 Å². The van der Waals surface area contributed by atoms with Gasteiger partial charge in [-0.05, 0) is 72.8 Å². The average Bonchev–Trinajstić information content (AvgIpc) is 2.86. The molecule has 0 fully saturated rings. The predicted octanol–water partition coefficient (Wildman–Crippen LogP) is 5.75. The van der Waals surface area contributed by atoms with Crippen molar-refractivity contribution >= 4 is 35.0 Å². The number of hydrogen-bond donors (Lipinski definition) is 2. The Kier molecular flexibility index (Phi) is 7.02. The Morgan fingerprint density at radius 3 is 1.70 bits per heavy atom. The molecule has 0 aliphatic rings. The molecule has 4 rings (SSSR count). The SMILES string of the molecule is COc1ccc(C(=O)Nc2ccccc2NC(=O)c2ccc(Sc3ccncc3)cc2)cc1. The maximum Gasteiger partial charge on any atom is 0.255 e. The van der Waals surface area contributed by atoms with Crippen LogP contribution in [-0.2, 0) is 0 Å². The van der Waals surface area contributed by atoms with Crippen LogP contribution in [0, 0.1) is 0 Å². The zero-order valence-corrected chi connectivity index (χ0v) is 18.6. The van der Waals surface area contributed by atoms with Gasteiger partial charge in [-0.1, -0.05) is 23.9 Å². The quantitative estimate of drug-likeness (QED) is 0.371. The second kappa shape index (κ2) is 10.5. The molecule has 0 aliphatic carbocycles. The van der Waals surface area contributed by atoms with E-state index < -0.39 is 0 Å². The number of carbonyl (C=O) groups is 2. The minimum Gasteiger partial charge on any atom is -0.497 e. The molecule has 0 saturated carbocycles. The van der Waals surface area contributed by atoms with Gasteiger partial charge in [0, 0.05) is 33.3 Å². The zero-order valence-electron chi connectivity index (χ0n) is 17.8. The second-order valence-corrected chi connectivity index (χ2v) is 8.14. The number of hydrogen-bond acceptors (Lipinski definition) is 5. The van der Waals surface area contributed by atoms with E-state index >= 15 is 0 Å². The first kappa shape index (κ1) is 22.1. The van der Waals surface area contributed by atoms with E-state index in [1.165, 1.54) is 0 Å². The van der Waals surface area contributed by atoms with Crippen molar-refractivity contribution in [2.75, 3.05) is 17.7 Å². The summed E-state index contributed by atoms with van der Waals surface area (Å²) in [7, 11) is 1.57. The van der Waals surface area contributed by atoms with Gasteiger partial charge in [0.15, 0.2) is 0 Å². The largest absolute Gasteiger partial charge is 0.497 e. The third-order valence-electron chi connectivity index (χ3n) is 4.78. The van der Waals surface area contributed by atoms with Crippen LogP contribution in [0.5, 0.6) is 5.75 Å². The number of benzene rings is 3. The molecule has 0 aliphatic heterocycles. The van der Waals surface area contributed by atoms with E-state index in [0.29, 0.717) is 28.3 Å². The van der Waals surface area contributed by atoms with Crippen LogP contribution in [0.15, 0.2) is 107 Å². The molecule has 1 aromatic heterocycles. The molecule has 0 saturated heterocycles. The van der Waals surface area contributed by atoms with Gasteiger partial charge in [-0.15, -0.1) is 0 Å². The second-order valence-electron chi connectivity index (χ2n) is 6.99. The summed E-state index contributed by atoms with van der Waals surface area (Å²) in [5, 5.41) is 5.74. The summed E-state index contributed by atoms with van der Waals surface area (Å²) in [6.45, 7) is 0. The van der Waals surface area contributed by atoms with Crippen LogP contribution in [0.4, 0.5) is 11.4 Å². The lowest BCUT2D eigenvalue weighted by Crippen LogP contribution is -2.16. The Balaban J connectivity index is 1.43. The number of ether oxygens (including phenoxy) is 1. The lowest BCUT2D eigenvalue weighted by atomic mass is 10.1. The summed E-state index contributed by atoms with van der Waals surface area (Å²) in [4.78, 5) is 31.6. The molecule has 164 valence electrons. The number of para-hydroxylation sites is 2. The van der Waals surface area contributed by atoms with Crippen LogP contribution >= 0.6 is 11.8 Å². The lowest BCUT2D eigenvalue weighted by molar-refractivity contribution is 0.101. The number of nitrogens with one attached hydrogen (secondary N) is 2. The molecule has 7 heteroatoms. The van der Waals surface area contributed by atoms with Crippen molar-refractivity contribution in [3.63, 3.8) is 0 Å². The van der Waals surface area contributed by atoms with Gasteiger partial charge in [-0.25, -0.2) is 0 Å². The normalized spacial score (nSPS) is 10.3. The van der Waals surface area contributed by atoms with Gasteiger partial charge < -0.3 is 15.4 Å². The fourth-order valence-electron chi connectivity index (χ4n) is 3.05. The summed E-state index contributed by atoms with van der Waals surface area (Å²) in [6.07, 6.45) is 3.49. The van der Waals surface area contributed by atoms with E-state index in [1.54, 1.807) is 91.9 Å². The number of carbonyl (C=O) groups excluding carboxylic acids is 2. The number of methoxy groups -OCH3 is 1. The van der Waals surface area contributed by atoms with Crippen molar-refractivity contribution in [1.82, 2.24) is 4.98 Å². The fourth-order valence-corrected chi connectivity index (χ4v) is 3.85. The molecule has 2 N–H and O–H groups in total. The number of amides is 2. The summed E-state index contributed by atoms with van der Waals surface area (Å²) >= 11 is 1.59. The standard InChI is InChI=1S/C26H21N3O3S/c1-32-20-10-6-18(7-11-20)25(30)28-23-4-2-3-5-24(23)29-26(31)19-8-12-21(13-9-19)33-22-14-16-27-17-15-22/h2-17H,1H3,(H,28,30)(H,29,31). The molecule has 0 atom stereocenters. The van der Waals surface area contributed by atoms with Crippen LogP contribution < -0.4 is 15.4 Å². The first-order valence-electron chi connectivity index (χ1n) is 10.2. The highest BCUT2D eigenvalue weighted by Crippen LogP contribution is 2.28. The molecule has 0 spiro atoms. The molecular weight excluding hydrogens is 434 g/mol. The highest BCUT2D eigenvalue weighted by atomic mass is 32.2. The number of rotatable bonds is 7. The van der Waals surface area contributed by atoms with E-state index in [4.69, 9.17) is 4.74 Å². The van der Waals surface area contributed by atoms with Crippen LogP contribution in [0.25, 0.3) is 0 Å². The minimum atomic E-state index is -0.281. The highest BCUT2D eigenvalue weighted by Gasteiger charge is 2.12. The average molecular weight is 456 g/mol. The van der Waals surface area contributed by atoms with Gasteiger partial charge in [-0.3, -0.25) is 14.6 Å². The lowest BCUT2D eigenvalue weighted by Gasteiger charge is -2.13. The topological polar surface area (TPSA) is 80.3 Å². The van der Waals surface area contributed by atoms with Crippen LogP contribution in [0.2, 0.25) is 0 Å². The predicted molar refractivity (Wildman–Crippen MR) is 130 cm³/mol.